The van der Waals surface area contributed by atoms with E-state index in [1.807, 2.05) is 18.2 Å². The van der Waals surface area contributed by atoms with Gasteiger partial charge in [0.05, 0.1) is 0 Å². The van der Waals surface area contributed by atoms with Crippen LogP contribution in [0.3, 0.4) is 0 Å². The van der Waals surface area contributed by atoms with E-state index in [1.54, 1.807) is 0 Å². The lowest BCUT2D eigenvalue weighted by Crippen LogP contribution is -2.19. The molecule has 1 heterocycles. The zero-order valence-corrected chi connectivity index (χ0v) is 9.72. The smallest absolute Gasteiger partial charge is 0.165 e. The molecular weight excluding hydrogens is 226 g/mol. The van der Waals surface area contributed by atoms with Crippen LogP contribution in [-0.2, 0) is 6.54 Å². The molecule has 0 bridgehead atoms. The molecule has 3 nitrogen and oxygen atoms in total. The summed E-state index contributed by atoms with van der Waals surface area (Å²) in [6.07, 6.45) is 0. The van der Waals surface area contributed by atoms with Crippen molar-refractivity contribution in [2.75, 3.05) is 19.8 Å². The largest absolute Gasteiger partial charge is 0.486 e. The summed E-state index contributed by atoms with van der Waals surface area (Å²) in [5, 5.41) is 3.78. The van der Waals surface area contributed by atoms with Gasteiger partial charge in [-0.1, -0.05) is 30.3 Å². The van der Waals surface area contributed by atoms with E-state index in [0.717, 1.165) is 17.1 Å². The predicted molar refractivity (Wildman–Crippen MR) is 64.1 cm³/mol. The maximum Gasteiger partial charge on any atom is 0.165 e. The molecule has 0 unspecified atom stereocenters. The van der Waals surface area contributed by atoms with Gasteiger partial charge in [0.2, 0.25) is 0 Å². The predicted octanol–water partition coefficient (Wildman–Crippen LogP) is 2.30. The van der Waals surface area contributed by atoms with Crippen LogP contribution in [0.2, 0.25) is 0 Å². The van der Waals surface area contributed by atoms with Crippen molar-refractivity contribution in [2.45, 2.75) is 6.54 Å². The first-order valence-electron chi connectivity index (χ1n) is 5.19. The Balaban J connectivity index is 2.05. The zero-order chi connectivity index (χ0) is 11.4. The molecule has 4 heteroatoms. The number of hydrogen-bond acceptors (Lipinski definition) is 3. The molecule has 0 fully saturated rings. The highest BCUT2D eigenvalue weighted by atomic mass is 35.5. The minimum atomic E-state index is 0.589. The van der Waals surface area contributed by atoms with Gasteiger partial charge in [-0.2, -0.15) is 0 Å². The fourth-order valence-corrected chi connectivity index (χ4v) is 1.70. The average Bonchev–Trinajstić information content (AvgIpc) is 2.29. The molecule has 1 aliphatic heterocycles. The summed E-state index contributed by atoms with van der Waals surface area (Å²) in [5.41, 5.74) is 1.08. The van der Waals surface area contributed by atoms with Gasteiger partial charge in [-0.25, -0.2) is 0 Å². The molecule has 1 aromatic rings. The summed E-state index contributed by atoms with van der Waals surface area (Å²) in [5.74, 6) is 1.65. The second-order valence-corrected chi connectivity index (χ2v) is 4.10. The minimum absolute atomic E-state index is 0.589. The number of hydrogen-bond donors (Lipinski definition) is 1. The summed E-state index contributed by atoms with van der Waals surface area (Å²) in [6, 6.07) is 5.88. The van der Waals surface area contributed by atoms with Gasteiger partial charge in [0.25, 0.3) is 0 Å². The number of halogens is 1. The van der Waals surface area contributed by atoms with Crippen LogP contribution in [0, 0.1) is 0 Å². The monoisotopic (exact) mass is 239 g/mol. The van der Waals surface area contributed by atoms with Crippen LogP contribution in [0.25, 0.3) is 0 Å². The molecule has 2 rings (SSSR count). The third-order valence-corrected chi connectivity index (χ3v) is 2.41. The molecule has 86 valence electrons. The third-order valence-electron chi connectivity index (χ3n) is 2.28. The summed E-state index contributed by atoms with van der Waals surface area (Å²) in [4.78, 5) is 0. The molecule has 0 atom stereocenters. The Morgan fingerprint density at radius 1 is 1.38 bits per heavy atom. The van der Waals surface area contributed by atoms with Crippen molar-refractivity contribution in [3.63, 3.8) is 0 Å². The van der Waals surface area contributed by atoms with Crippen LogP contribution in [0.4, 0.5) is 0 Å². The molecular formula is C12H14ClNO2. The van der Waals surface area contributed by atoms with Gasteiger partial charge in [0.1, 0.15) is 13.2 Å². The molecule has 0 radical (unpaired) electrons. The highest BCUT2D eigenvalue weighted by Crippen LogP contribution is 2.33. The van der Waals surface area contributed by atoms with Crippen molar-refractivity contribution >= 4 is 11.6 Å². The van der Waals surface area contributed by atoms with Gasteiger partial charge in [-0.3, -0.25) is 0 Å². The quantitative estimate of drug-likeness (QED) is 0.875. The second-order valence-electron chi connectivity index (χ2n) is 3.56. The van der Waals surface area contributed by atoms with Crippen LogP contribution < -0.4 is 14.8 Å². The number of benzene rings is 1. The molecule has 0 spiro atoms. The molecule has 0 aliphatic carbocycles. The molecule has 16 heavy (non-hydrogen) atoms. The van der Waals surface area contributed by atoms with E-state index in [0.29, 0.717) is 31.3 Å². The van der Waals surface area contributed by atoms with E-state index >= 15 is 0 Å². The standard InChI is InChI=1S/C12H14ClNO2/c1-9(13)7-14-8-10-3-2-4-11-12(10)16-6-5-15-11/h2-4,14H,1,5-8H2. The first-order chi connectivity index (χ1) is 7.77. The number of para-hydroxylation sites is 1. The summed E-state index contributed by atoms with van der Waals surface area (Å²) in [6.45, 7) is 6.12. The Morgan fingerprint density at radius 3 is 3.00 bits per heavy atom. The molecule has 1 aromatic carbocycles. The summed E-state index contributed by atoms with van der Waals surface area (Å²) >= 11 is 5.67. The zero-order valence-electron chi connectivity index (χ0n) is 8.96. The Labute approximate surface area is 100 Å². The highest BCUT2D eigenvalue weighted by molar-refractivity contribution is 6.29. The lowest BCUT2D eigenvalue weighted by atomic mass is 10.1. The van der Waals surface area contributed by atoms with Gasteiger partial charge in [-0.15, -0.1) is 0 Å². The lowest BCUT2D eigenvalue weighted by molar-refractivity contribution is 0.169. The fraction of sp³-hybridized carbons (Fsp3) is 0.333. The maximum atomic E-state index is 5.67. The lowest BCUT2D eigenvalue weighted by Gasteiger charge is -2.21. The van der Waals surface area contributed by atoms with E-state index in [2.05, 4.69) is 11.9 Å². The molecule has 0 amide bonds. The second kappa shape index (κ2) is 5.23. The Kier molecular flexibility index (Phi) is 3.70. The van der Waals surface area contributed by atoms with E-state index in [-0.39, 0.29) is 0 Å². The molecule has 0 saturated carbocycles. The first kappa shape index (κ1) is 11.3. The Bertz CT molecular complexity index is 393. The van der Waals surface area contributed by atoms with Crippen molar-refractivity contribution in [1.29, 1.82) is 0 Å². The Morgan fingerprint density at radius 2 is 2.19 bits per heavy atom. The van der Waals surface area contributed by atoms with Gasteiger partial charge in [0.15, 0.2) is 11.5 Å². The summed E-state index contributed by atoms with van der Waals surface area (Å²) in [7, 11) is 0. The van der Waals surface area contributed by atoms with Crippen LogP contribution in [-0.4, -0.2) is 19.8 Å². The van der Waals surface area contributed by atoms with Crippen molar-refractivity contribution < 1.29 is 9.47 Å². The number of ether oxygens (including phenoxy) is 2. The van der Waals surface area contributed by atoms with Gasteiger partial charge >= 0.3 is 0 Å². The number of nitrogens with one attached hydrogen (secondary N) is 1. The summed E-state index contributed by atoms with van der Waals surface area (Å²) < 4.78 is 11.1. The van der Waals surface area contributed by atoms with Crippen LogP contribution >= 0.6 is 11.6 Å². The van der Waals surface area contributed by atoms with E-state index in [9.17, 15) is 0 Å². The molecule has 0 aromatic heterocycles. The van der Waals surface area contributed by atoms with Gasteiger partial charge in [-0.05, 0) is 6.07 Å². The molecule has 1 N–H and O–H groups in total. The minimum Gasteiger partial charge on any atom is -0.486 e. The first-order valence-corrected chi connectivity index (χ1v) is 5.56. The van der Waals surface area contributed by atoms with Crippen molar-refractivity contribution in [2.24, 2.45) is 0 Å². The average molecular weight is 240 g/mol. The van der Waals surface area contributed by atoms with E-state index in [4.69, 9.17) is 21.1 Å². The van der Waals surface area contributed by atoms with Gasteiger partial charge < -0.3 is 14.8 Å². The fourth-order valence-electron chi connectivity index (χ4n) is 1.61. The van der Waals surface area contributed by atoms with Crippen molar-refractivity contribution in [1.82, 2.24) is 5.32 Å². The van der Waals surface area contributed by atoms with Crippen LogP contribution in [0.5, 0.6) is 11.5 Å². The highest BCUT2D eigenvalue weighted by Gasteiger charge is 2.14. The van der Waals surface area contributed by atoms with E-state index in [1.165, 1.54) is 0 Å². The molecule has 0 saturated heterocycles. The van der Waals surface area contributed by atoms with E-state index < -0.39 is 0 Å². The van der Waals surface area contributed by atoms with Crippen molar-refractivity contribution in [3.05, 3.63) is 35.4 Å². The normalized spacial score (nSPS) is 13.6. The maximum absolute atomic E-state index is 5.67. The van der Waals surface area contributed by atoms with Crippen molar-refractivity contribution in [3.8, 4) is 11.5 Å². The van der Waals surface area contributed by atoms with Crippen LogP contribution in [0.1, 0.15) is 5.56 Å². The third kappa shape index (κ3) is 2.68. The van der Waals surface area contributed by atoms with Gasteiger partial charge in [0, 0.05) is 23.7 Å². The Hall–Kier alpha value is -1.19. The number of fused-ring (bicyclic) bond motifs is 1. The number of rotatable bonds is 4. The topological polar surface area (TPSA) is 30.5 Å². The van der Waals surface area contributed by atoms with Crippen LogP contribution in [0.15, 0.2) is 29.8 Å². The molecule has 1 aliphatic rings. The SMILES string of the molecule is C=C(Cl)CNCc1cccc2c1OCCO2.